The lowest BCUT2D eigenvalue weighted by Gasteiger charge is -2.31. The fraction of sp³-hybridized carbons (Fsp3) is 0.125. The van der Waals surface area contributed by atoms with Crippen LogP contribution in [0, 0.1) is 17.0 Å². The summed E-state index contributed by atoms with van der Waals surface area (Å²) < 4.78 is 0. The van der Waals surface area contributed by atoms with E-state index in [2.05, 4.69) is 10.3 Å². The molecule has 0 spiro atoms. The monoisotopic (exact) mass is 566 g/mol. The van der Waals surface area contributed by atoms with Gasteiger partial charge >= 0.3 is 0 Å². The number of aryl methyl sites for hydroxylation is 2. The highest BCUT2D eigenvalue weighted by atomic mass is 35.5. The number of carbonyl (C=O) groups is 2. The second-order valence-corrected chi connectivity index (χ2v) is 10.1. The molecule has 206 valence electrons. The first-order chi connectivity index (χ1) is 19.8. The van der Waals surface area contributed by atoms with E-state index >= 15 is 0 Å². The molecule has 0 bridgehead atoms. The molecular formula is C32H27ClN4O4. The molecule has 4 aromatic carbocycles. The van der Waals surface area contributed by atoms with Gasteiger partial charge < -0.3 is 10.3 Å². The van der Waals surface area contributed by atoms with Crippen LogP contribution in [0.1, 0.15) is 29.2 Å². The molecule has 0 radical (unpaired) electrons. The Bertz CT molecular complexity index is 1710. The highest BCUT2D eigenvalue weighted by Gasteiger charge is 2.33. The number of halogens is 1. The van der Waals surface area contributed by atoms with Crippen LogP contribution in [0.4, 0.5) is 17.1 Å². The van der Waals surface area contributed by atoms with Crippen LogP contribution >= 0.6 is 11.6 Å². The van der Waals surface area contributed by atoms with Crippen LogP contribution < -0.4 is 10.2 Å². The predicted octanol–water partition coefficient (Wildman–Crippen LogP) is 7.38. The van der Waals surface area contributed by atoms with Gasteiger partial charge in [-0.1, -0.05) is 59.6 Å². The summed E-state index contributed by atoms with van der Waals surface area (Å²) in [5.41, 5.74) is 4.05. The van der Waals surface area contributed by atoms with Gasteiger partial charge in [0.2, 0.25) is 5.91 Å². The Labute approximate surface area is 241 Å². The fourth-order valence-electron chi connectivity index (χ4n) is 4.81. The van der Waals surface area contributed by atoms with Crippen molar-refractivity contribution in [2.45, 2.75) is 25.8 Å². The average Bonchev–Trinajstić information content (AvgIpc) is 3.39. The lowest BCUT2D eigenvalue weighted by Crippen LogP contribution is -2.41. The Morgan fingerprint density at radius 2 is 1.71 bits per heavy atom. The van der Waals surface area contributed by atoms with Crippen LogP contribution in [-0.4, -0.2) is 21.7 Å². The number of nitrogens with one attached hydrogen (secondary N) is 2. The number of aromatic nitrogens is 1. The number of hydrogen-bond donors (Lipinski definition) is 2. The minimum absolute atomic E-state index is 0.107. The van der Waals surface area contributed by atoms with Crippen LogP contribution in [0.2, 0.25) is 5.02 Å². The molecule has 1 atom stereocenters. The number of aromatic amines is 1. The summed E-state index contributed by atoms with van der Waals surface area (Å²) >= 11 is 6.02. The smallest absolute Gasteiger partial charge is 0.269 e. The number of nitrogens with zero attached hydrogens (tertiary/aromatic N) is 2. The average molecular weight is 567 g/mol. The Kier molecular flexibility index (Phi) is 8.12. The van der Waals surface area contributed by atoms with E-state index in [1.54, 1.807) is 42.5 Å². The molecule has 5 aromatic rings. The van der Waals surface area contributed by atoms with Crippen molar-refractivity contribution in [2.75, 3.05) is 10.2 Å². The zero-order valence-corrected chi connectivity index (χ0v) is 23.0. The van der Waals surface area contributed by atoms with Gasteiger partial charge in [0.25, 0.3) is 11.6 Å². The maximum absolute atomic E-state index is 14.1. The Balaban J connectivity index is 1.55. The number of nitro groups is 1. The summed E-state index contributed by atoms with van der Waals surface area (Å²) in [4.78, 5) is 43.8. The number of benzene rings is 4. The van der Waals surface area contributed by atoms with Gasteiger partial charge in [0.15, 0.2) is 0 Å². The van der Waals surface area contributed by atoms with Gasteiger partial charge in [0.05, 0.1) is 4.92 Å². The van der Waals surface area contributed by atoms with E-state index in [0.717, 1.165) is 22.0 Å². The van der Waals surface area contributed by atoms with Crippen molar-refractivity contribution in [3.63, 3.8) is 0 Å². The van der Waals surface area contributed by atoms with Gasteiger partial charge in [-0.2, -0.15) is 0 Å². The van der Waals surface area contributed by atoms with Crippen molar-refractivity contribution in [3.05, 3.63) is 135 Å². The number of anilines is 2. The van der Waals surface area contributed by atoms with E-state index in [-0.39, 0.29) is 18.0 Å². The normalized spacial score (nSPS) is 11.7. The number of carbonyl (C=O) groups excluding carboxylic acids is 2. The van der Waals surface area contributed by atoms with E-state index < -0.39 is 16.9 Å². The molecule has 1 aromatic heterocycles. The second-order valence-electron chi connectivity index (χ2n) is 9.71. The van der Waals surface area contributed by atoms with E-state index in [9.17, 15) is 19.7 Å². The van der Waals surface area contributed by atoms with Crippen molar-refractivity contribution in [3.8, 4) is 0 Å². The summed E-state index contributed by atoms with van der Waals surface area (Å²) in [6.45, 7) is 1.93. The van der Waals surface area contributed by atoms with E-state index in [4.69, 9.17) is 11.6 Å². The molecule has 0 saturated carbocycles. The minimum atomic E-state index is -1.19. The zero-order chi connectivity index (χ0) is 28.9. The molecule has 0 aliphatic rings. The van der Waals surface area contributed by atoms with Gasteiger partial charge in [-0.15, -0.1) is 0 Å². The Morgan fingerprint density at radius 1 is 0.976 bits per heavy atom. The van der Waals surface area contributed by atoms with E-state index in [0.29, 0.717) is 28.4 Å². The molecule has 41 heavy (non-hydrogen) atoms. The standard InChI is InChI=1S/C32H27ClN4O4/c1-21-9-16-26(17-10-21)36(30(38)18-11-23-20-34-29-8-3-2-7-28(23)29)31(22-5-4-6-27(19-22)37(40)41)32(39)35-25-14-12-24(33)13-15-25/h2-10,12-17,19-20,31,34H,11,18H2,1H3,(H,35,39)/t31-/m0/s1. The maximum Gasteiger partial charge on any atom is 0.269 e. The molecular weight excluding hydrogens is 540 g/mol. The molecule has 0 aliphatic carbocycles. The van der Waals surface area contributed by atoms with Crippen molar-refractivity contribution < 1.29 is 14.5 Å². The zero-order valence-electron chi connectivity index (χ0n) is 22.2. The first-order valence-electron chi connectivity index (χ1n) is 13.0. The molecule has 0 saturated heterocycles. The number of rotatable bonds is 9. The molecule has 0 unspecified atom stereocenters. The number of H-pyrrole nitrogens is 1. The van der Waals surface area contributed by atoms with Crippen molar-refractivity contribution >= 4 is 51.4 Å². The topological polar surface area (TPSA) is 108 Å². The number of amides is 2. The summed E-state index contributed by atoms with van der Waals surface area (Å²) in [5, 5.41) is 16.0. The van der Waals surface area contributed by atoms with Crippen LogP contribution in [-0.2, 0) is 16.0 Å². The Morgan fingerprint density at radius 3 is 2.44 bits per heavy atom. The largest absolute Gasteiger partial charge is 0.361 e. The Hall–Kier alpha value is -4.95. The first-order valence-corrected chi connectivity index (χ1v) is 13.4. The van der Waals surface area contributed by atoms with Gasteiger partial charge in [-0.25, -0.2) is 0 Å². The number of fused-ring (bicyclic) bond motifs is 1. The van der Waals surface area contributed by atoms with Gasteiger partial charge in [0.1, 0.15) is 6.04 Å². The summed E-state index contributed by atoms with van der Waals surface area (Å²) in [7, 11) is 0. The summed E-state index contributed by atoms with van der Waals surface area (Å²) in [6.07, 6.45) is 2.43. The summed E-state index contributed by atoms with van der Waals surface area (Å²) in [6, 6.07) is 26.3. The minimum Gasteiger partial charge on any atom is -0.361 e. The van der Waals surface area contributed by atoms with E-state index in [1.165, 1.54) is 23.1 Å². The molecule has 2 amide bonds. The lowest BCUT2D eigenvalue weighted by molar-refractivity contribution is -0.384. The molecule has 5 rings (SSSR count). The number of para-hydroxylation sites is 1. The van der Waals surface area contributed by atoms with Crippen LogP contribution in [0.15, 0.2) is 103 Å². The highest BCUT2D eigenvalue weighted by Crippen LogP contribution is 2.32. The van der Waals surface area contributed by atoms with Gasteiger partial charge in [-0.3, -0.25) is 24.6 Å². The molecule has 0 fully saturated rings. The fourth-order valence-corrected chi connectivity index (χ4v) is 4.94. The van der Waals surface area contributed by atoms with Crippen molar-refractivity contribution in [1.29, 1.82) is 0 Å². The second kappa shape index (κ2) is 12.1. The van der Waals surface area contributed by atoms with E-state index in [1.807, 2.05) is 49.5 Å². The quantitative estimate of drug-likeness (QED) is 0.143. The summed E-state index contributed by atoms with van der Waals surface area (Å²) in [5.74, 6) is -0.823. The lowest BCUT2D eigenvalue weighted by atomic mass is 10.0. The van der Waals surface area contributed by atoms with Crippen molar-refractivity contribution in [1.82, 2.24) is 4.98 Å². The van der Waals surface area contributed by atoms with Crippen LogP contribution in [0.3, 0.4) is 0 Å². The molecule has 0 aliphatic heterocycles. The highest BCUT2D eigenvalue weighted by molar-refractivity contribution is 6.30. The molecule has 8 nitrogen and oxygen atoms in total. The number of non-ortho nitro benzene ring substituents is 1. The number of nitro benzene ring substituents is 1. The van der Waals surface area contributed by atoms with Crippen LogP contribution in [0.5, 0.6) is 0 Å². The van der Waals surface area contributed by atoms with Crippen LogP contribution in [0.25, 0.3) is 10.9 Å². The van der Waals surface area contributed by atoms with Gasteiger partial charge in [-0.05, 0) is 66.9 Å². The third-order valence-corrected chi connectivity index (χ3v) is 7.13. The maximum atomic E-state index is 14.1. The molecule has 2 N–H and O–H groups in total. The first kappa shape index (κ1) is 27.6. The third kappa shape index (κ3) is 6.28. The SMILES string of the molecule is Cc1ccc(N(C(=O)CCc2c[nH]c3ccccc23)[C@H](C(=O)Nc2ccc(Cl)cc2)c2cccc([N+](=O)[O-])c2)cc1. The predicted molar refractivity (Wildman–Crippen MR) is 161 cm³/mol. The number of hydrogen-bond acceptors (Lipinski definition) is 4. The third-order valence-electron chi connectivity index (χ3n) is 6.88. The molecule has 1 heterocycles. The van der Waals surface area contributed by atoms with Crippen molar-refractivity contribution in [2.24, 2.45) is 0 Å². The molecule has 9 heteroatoms. The van der Waals surface area contributed by atoms with Gasteiger partial charge in [0, 0.05) is 52.1 Å².